The Morgan fingerprint density at radius 2 is 2.15 bits per heavy atom. The second kappa shape index (κ2) is 6.84. The first-order valence-electron chi connectivity index (χ1n) is 6.53. The SMILES string of the molecule is CCCNc1ncc(Br)cc1S(=O)(=O)N1CCOCC1. The monoisotopic (exact) mass is 363 g/mol. The van der Waals surface area contributed by atoms with E-state index in [9.17, 15) is 8.42 Å². The highest BCUT2D eigenvalue weighted by atomic mass is 79.9. The van der Waals surface area contributed by atoms with Crippen LogP contribution in [-0.4, -0.2) is 50.6 Å². The Hall–Kier alpha value is -0.700. The molecule has 1 N–H and O–H groups in total. The van der Waals surface area contributed by atoms with Crippen LogP contribution in [0.25, 0.3) is 0 Å². The van der Waals surface area contributed by atoms with Crippen LogP contribution in [0.15, 0.2) is 21.6 Å². The smallest absolute Gasteiger partial charge is 0.246 e. The van der Waals surface area contributed by atoms with Crippen molar-refractivity contribution in [2.75, 3.05) is 38.2 Å². The number of nitrogens with one attached hydrogen (secondary N) is 1. The van der Waals surface area contributed by atoms with Crippen LogP contribution in [0.4, 0.5) is 5.82 Å². The summed E-state index contributed by atoms with van der Waals surface area (Å²) in [5.41, 5.74) is 0. The molecule has 1 saturated heterocycles. The van der Waals surface area contributed by atoms with Gasteiger partial charge in [0.1, 0.15) is 10.7 Å². The highest BCUT2D eigenvalue weighted by Gasteiger charge is 2.29. The number of rotatable bonds is 5. The van der Waals surface area contributed by atoms with Crippen LogP contribution in [0, 0.1) is 0 Å². The lowest BCUT2D eigenvalue weighted by molar-refractivity contribution is 0.0730. The van der Waals surface area contributed by atoms with Gasteiger partial charge in [-0.3, -0.25) is 0 Å². The number of pyridine rings is 1. The summed E-state index contributed by atoms with van der Waals surface area (Å²) in [5.74, 6) is 0.404. The van der Waals surface area contributed by atoms with Crippen LogP contribution in [-0.2, 0) is 14.8 Å². The van der Waals surface area contributed by atoms with Gasteiger partial charge >= 0.3 is 0 Å². The molecule has 0 spiro atoms. The number of hydrogen-bond donors (Lipinski definition) is 1. The van der Waals surface area contributed by atoms with Gasteiger partial charge in [-0.05, 0) is 28.4 Å². The molecule has 112 valence electrons. The van der Waals surface area contributed by atoms with Crippen LogP contribution in [0.1, 0.15) is 13.3 Å². The van der Waals surface area contributed by atoms with Gasteiger partial charge < -0.3 is 10.1 Å². The van der Waals surface area contributed by atoms with Crippen LogP contribution in [0.2, 0.25) is 0 Å². The van der Waals surface area contributed by atoms with Gasteiger partial charge in [-0.15, -0.1) is 0 Å². The summed E-state index contributed by atoms with van der Waals surface area (Å²) in [6, 6.07) is 1.59. The van der Waals surface area contributed by atoms with Crippen LogP contribution < -0.4 is 5.32 Å². The molecule has 0 radical (unpaired) electrons. The molecule has 1 fully saturated rings. The fourth-order valence-corrected chi connectivity index (χ4v) is 3.96. The topological polar surface area (TPSA) is 71.5 Å². The third-order valence-corrected chi connectivity index (χ3v) is 5.30. The van der Waals surface area contributed by atoms with E-state index in [2.05, 4.69) is 26.2 Å². The number of halogens is 1. The largest absolute Gasteiger partial charge is 0.379 e. The van der Waals surface area contributed by atoms with Gasteiger partial charge in [-0.1, -0.05) is 6.92 Å². The highest BCUT2D eigenvalue weighted by Crippen LogP contribution is 2.26. The Morgan fingerprint density at radius 3 is 2.80 bits per heavy atom. The fraction of sp³-hybridized carbons (Fsp3) is 0.583. The maximum absolute atomic E-state index is 12.7. The molecule has 6 nitrogen and oxygen atoms in total. The summed E-state index contributed by atoms with van der Waals surface area (Å²) in [6.07, 6.45) is 2.49. The third-order valence-electron chi connectivity index (χ3n) is 2.95. The molecule has 0 atom stereocenters. The summed E-state index contributed by atoms with van der Waals surface area (Å²) in [5, 5.41) is 3.07. The van der Waals surface area contributed by atoms with Gasteiger partial charge in [0.15, 0.2) is 0 Å². The first-order valence-corrected chi connectivity index (χ1v) is 8.76. The van der Waals surface area contributed by atoms with Crippen molar-refractivity contribution in [1.82, 2.24) is 9.29 Å². The Labute approximate surface area is 127 Å². The molecule has 1 aromatic rings. The van der Waals surface area contributed by atoms with E-state index in [4.69, 9.17) is 4.74 Å². The minimum Gasteiger partial charge on any atom is -0.379 e. The predicted octanol–water partition coefficient (Wildman–Crippen LogP) is 1.69. The van der Waals surface area contributed by atoms with Crippen molar-refractivity contribution < 1.29 is 13.2 Å². The standard InChI is InChI=1S/C12H18BrN3O3S/c1-2-3-14-12-11(8-10(13)9-15-12)20(17,18)16-4-6-19-7-5-16/h8-9H,2-7H2,1H3,(H,14,15). The second-order valence-electron chi connectivity index (χ2n) is 4.44. The molecule has 0 bridgehead atoms. The fourth-order valence-electron chi connectivity index (χ4n) is 1.92. The molecule has 0 aromatic carbocycles. The normalized spacial score (nSPS) is 17.1. The maximum atomic E-state index is 12.7. The first kappa shape index (κ1) is 15.7. The van der Waals surface area contributed by atoms with Crippen LogP contribution in [0.5, 0.6) is 0 Å². The molecule has 1 aliphatic heterocycles. The number of morpholine rings is 1. The molecular formula is C12H18BrN3O3S. The average molecular weight is 364 g/mol. The van der Waals surface area contributed by atoms with E-state index in [0.29, 0.717) is 43.1 Å². The Kier molecular flexibility index (Phi) is 5.36. The lowest BCUT2D eigenvalue weighted by Crippen LogP contribution is -2.40. The van der Waals surface area contributed by atoms with Gasteiger partial charge in [0.2, 0.25) is 10.0 Å². The number of hydrogen-bond acceptors (Lipinski definition) is 5. The summed E-state index contributed by atoms with van der Waals surface area (Å²) in [7, 11) is -3.55. The molecule has 8 heteroatoms. The highest BCUT2D eigenvalue weighted by molar-refractivity contribution is 9.10. The van der Waals surface area contributed by atoms with Crippen molar-refractivity contribution in [3.8, 4) is 0 Å². The van der Waals surface area contributed by atoms with E-state index in [0.717, 1.165) is 6.42 Å². The van der Waals surface area contributed by atoms with Crippen LogP contribution >= 0.6 is 15.9 Å². The summed E-state index contributed by atoms with van der Waals surface area (Å²) < 4.78 is 32.7. The zero-order chi connectivity index (χ0) is 14.6. The molecule has 0 aliphatic carbocycles. The van der Waals surface area contributed by atoms with Crippen molar-refractivity contribution in [3.05, 3.63) is 16.7 Å². The molecule has 0 unspecified atom stereocenters. The van der Waals surface area contributed by atoms with Gasteiger partial charge in [0, 0.05) is 30.3 Å². The maximum Gasteiger partial charge on any atom is 0.246 e. The quantitative estimate of drug-likeness (QED) is 0.861. The lowest BCUT2D eigenvalue weighted by Gasteiger charge is -2.26. The minimum absolute atomic E-state index is 0.210. The average Bonchev–Trinajstić information content (AvgIpc) is 2.47. The number of anilines is 1. The molecule has 1 aromatic heterocycles. The molecule has 20 heavy (non-hydrogen) atoms. The first-order chi connectivity index (χ1) is 9.55. The zero-order valence-electron chi connectivity index (χ0n) is 11.3. The van der Waals surface area contributed by atoms with Crippen molar-refractivity contribution in [3.63, 3.8) is 0 Å². The number of sulfonamides is 1. The molecule has 0 saturated carbocycles. The zero-order valence-corrected chi connectivity index (χ0v) is 13.7. The third kappa shape index (κ3) is 3.49. The molecule has 2 heterocycles. The van der Waals surface area contributed by atoms with Crippen molar-refractivity contribution >= 4 is 31.8 Å². The Bertz CT molecular complexity index is 559. The van der Waals surface area contributed by atoms with Crippen molar-refractivity contribution in [1.29, 1.82) is 0 Å². The van der Waals surface area contributed by atoms with E-state index >= 15 is 0 Å². The number of nitrogens with zero attached hydrogens (tertiary/aromatic N) is 2. The van der Waals surface area contributed by atoms with E-state index in [1.165, 1.54) is 4.31 Å². The predicted molar refractivity (Wildman–Crippen MR) is 80.3 cm³/mol. The lowest BCUT2D eigenvalue weighted by atomic mass is 10.4. The number of ether oxygens (including phenoxy) is 1. The van der Waals surface area contributed by atoms with Crippen LogP contribution in [0.3, 0.4) is 0 Å². The van der Waals surface area contributed by atoms with Crippen molar-refractivity contribution in [2.45, 2.75) is 18.2 Å². The molecular weight excluding hydrogens is 346 g/mol. The van der Waals surface area contributed by atoms with E-state index in [1.807, 2.05) is 6.92 Å². The molecule has 1 aliphatic rings. The Balaban J connectivity index is 2.35. The van der Waals surface area contributed by atoms with Gasteiger partial charge in [0.25, 0.3) is 0 Å². The molecule has 0 amide bonds. The van der Waals surface area contributed by atoms with E-state index < -0.39 is 10.0 Å². The number of aromatic nitrogens is 1. The minimum atomic E-state index is -3.55. The van der Waals surface area contributed by atoms with Crippen molar-refractivity contribution in [2.24, 2.45) is 0 Å². The van der Waals surface area contributed by atoms with Gasteiger partial charge in [0.05, 0.1) is 13.2 Å². The van der Waals surface area contributed by atoms with E-state index in [-0.39, 0.29) is 4.90 Å². The molecule has 2 rings (SSSR count). The van der Waals surface area contributed by atoms with Gasteiger partial charge in [-0.25, -0.2) is 13.4 Å². The summed E-state index contributed by atoms with van der Waals surface area (Å²) in [6.45, 7) is 4.31. The summed E-state index contributed by atoms with van der Waals surface area (Å²) >= 11 is 3.28. The van der Waals surface area contributed by atoms with Gasteiger partial charge in [-0.2, -0.15) is 4.31 Å². The summed E-state index contributed by atoms with van der Waals surface area (Å²) in [4.78, 5) is 4.39. The Morgan fingerprint density at radius 1 is 1.45 bits per heavy atom. The van der Waals surface area contributed by atoms with E-state index in [1.54, 1.807) is 12.3 Å². The second-order valence-corrected chi connectivity index (χ2v) is 7.27.